The Hall–Kier alpha value is -1.82. The standard InChI is InChI=1S/C17H25N3O2S/c1-12(2)6-7-15-8-10-16(11-9-15)23(21,22)19-17-13(3)18-20(5)14(17)4/h8-12,19H,6-7H2,1-5H3. The Balaban J connectivity index is 2.19. The summed E-state index contributed by atoms with van der Waals surface area (Å²) in [7, 11) is -1.80. The van der Waals surface area contributed by atoms with Crippen molar-refractivity contribution in [2.24, 2.45) is 13.0 Å². The third-order valence-corrected chi connectivity index (χ3v) is 5.36. The molecule has 0 spiro atoms. The van der Waals surface area contributed by atoms with E-state index in [4.69, 9.17) is 0 Å². The van der Waals surface area contributed by atoms with Crippen LogP contribution in [0.4, 0.5) is 5.69 Å². The number of anilines is 1. The van der Waals surface area contributed by atoms with Crippen LogP contribution in [0, 0.1) is 19.8 Å². The SMILES string of the molecule is Cc1nn(C)c(C)c1NS(=O)(=O)c1ccc(CCC(C)C)cc1. The first-order valence-corrected chi connectivity index (χ1v) is 9.31. The maximum atomic E-state index is 12.5. The summed E-state index contributed by atoms with van der Waals surface area (Å²) < 4.78 is 29.4. The summed E-state index contributed by atoms with van der Waals surface area (Å²) in [5.41, 5.74) is 3.17. The fraction of sp³-hybridized carbons (Fsp3) is 0.471. The Labute approximate surface area is 138 Å². The van der Waals surface area contributed by atoms with Crippen molar-refractivity contribution in [3.8, 4) is 0 Å². The molecule has 0 saturated carbocycles. The minimum absolute atomic E-state index is 0.272. The van der Waals surface area contributed by atoms with Crippen LogP contribution in [0.15, 0.2) is 29.2 Å². The molecule has 0 amide bonds. The second-order valence-electron chi connectivity index (χ2n) is 6.35. The summed E-state index contributed by atoms with van der Waals surface area (Å²) in [6.45, 7) is 8.00. The predicted octanol–water partition coefficient (Wildman–Crippen LogP) is 3.43. The number of nitrogens with one attached hydrogen (secondary N) is 1. The van der Waals surface area contributed by atoms with Crippen LogP contribution in [0.3, 0.4) is 0 Å². The fourth-order valence-electron chi connectivity index (χ4n) is 2.41. The van der Waals surface area contributed by atoms with Gasteiger partial charge in [-0.3, -0.25) is 9.40 Å². The Morgan fingerprint density at radius 3 is 2.26 bits per heavy atom. The fourth-order valence-corrected chi connectivity index (χ4v) is 3.58. The molecule has 23 heavy (non-hydrogen) atoms. The van der Waals surface area contributed by atoms with Gasteiger partial charge in [-0.1, -0.05) is 26.0 Å². The van der Waals surface area contributed by atoms with Crippen LogP contribution in [-0.4, -0.2) is 18.2 Å². The van der Waals surface area contributed by atoms with Crippen molar-refractivity contribution in [3.05, 3.63) is 41.2 Å². The van der Waals surface area contributed by atoms with Crippen molar-refractivity contribution in [2.45, 2.75) is 45.4 Å². The molecule has 0 bridgehead atoms. The van der Waals surface area contributed by atoms with Crippen LogP contribution in [0.5, 0.6) is 0 Å². The molecule has 0 fully saturated rings. The Kier molecular flexibility index (Phi) is 5.14. The van der Waals surface area contributed by atoms with E-state index in [1.54, 1.807) is 30.8 Å². The van der Waals surface area contributed by atoms with Crippen molar-refractivity contribution >= 4 is 15.7 Å². The molecule has 1 aromatic heterocycles. The molecule has 126 valence electrons. The number of hydrogen-bond acceptors (Lipinski definition) is 3. The quantitative estimate of drug-likeness (QED) is 0.879. The normalized spacial score (nSPS) is 11.9. The third-order valence-electron chi connectivity index (χ3n) is 3.99. The zero-order valence-corrected chi connectivity index (χ0v) is 15.2. The van der Waals surface area contributed by atoms with Gasteiger partial charge in [-0.05, 0) is 50.3 Å². The van der Waals surface area contributed by atoms with Crippen LogP contribution >= 0.6 is 0 Å². The van der Waals surface area contributed by atoms with Gasteiger partial charge in [0, 0.05) is 7.05 Å². The van der Waals surface area contributed by atoms with Gasteiger partial charge >= 0.3 is 0 Å². The molecule has 0 saturated heterocycles. The van der Waals surface area contributed by atoms with E-state index in [0.717, 1.165) is 24.1 Å². The van der Waals surface area contributed by atoms with Crippen LogP contribution in [-0.2, 0) is 23.5 Å². The van der Waals surface area contributed by atoms with Gasteiger partial charge in [0.1, 0.15) is 0 Å². The molecule has 2 rings (SSSR count). The first-order chi connectivity index (χ1) is 10.7. The number of rotatable bonds is 6. The monoisotopic (exact) mass is 335 g/mol. The molecule has 0 aliphatic heterocycles. The van der Waals surface area contributed by atoms with Gasteiger partial charge in [-0.15, -0.1) is 0 Å². The molecule has 5 nitrogen and oxygen atoms in total. The van der Waals surface area contributed by atoms with E-state index in [2.05, 4.69) is 23.7 Å². The zero-order chi connectivity index (χ0) is 17.2. The van der Waals surface area contributed by atoms with Crippen LogP contribution in [0.25, 0.3) is 0 Å². The van der Waals surface area contributed by atoms with Crippen LogP contribution in [0.2, 0.25) is 0 Å². The molecule has 2 aromatic rings. The molecule has 0 atom stereocenters. The van der Waals surface area contributed by atoms with Crippen LogP contribution in [0.1, 0.15) is 37.2 Å². The molecule has 1 N–H and O–H groups in total. The van der Waals surface area contributed by atoms with E-state index in [9.17, 15) is 8.42 Å². The zero-order valence-electron chi connectivity index (χ0n) is 14.4. The molecule has 1 heterocycles. The minimum Gasteiger partial charge on any atom is -0.276 e. The molecule has 0 unspecified atom stereocenters. The lowest BCUT2D eigenvalue weighted by atomic mass is 10.0. The Bertz CT molecular complexity index is 775. The maximum Gasteiger partial charge on any atom is 0.262 e. The lowest BCUT2D eigenvalue weighted by Gasteiger charge is -2.10. The average Bonchev–Trinajstić information content (AvgIpc) is 2.72. The van der Waals surface area contributed by atoms with Gasteiger partial charge in [-0.2, -0.15) is 5.10 Å². The van der Waals surface area contributed by atoms with Crippen molar-refractivity contribution in [3.63, 3.8) is 0 Å². The first-order valence-electron chi connectivity index (χ1n) is 7.82. The van der Waals surface area contributed by atoms with Crippen LogP contribution < -0.4 is 4.72 Å². The van der Waals surface area contributed by atoms with E-state index in [-0.39, 0.29) is 4.90 Å². The molecule has 1 aromatic carbocycles. The minimum atomic E-state index is -3.60. The van der Waals surface area contributed by atoms with Crippen molar-refractivity contribution < 1.29 is 8.42 Å². The van der Waals surface area contributed by atoms with Gasteiger partial charge in [0.15, 0.2) is 0 Å². The molecule has 0 radical (unpaired) electrons. The number of aromatic nitrogens is 2. The maximum absolute atomic E-state index is 12.5. The number of sulfonamides is 1. The second-order valence-corrected chi connectivity index (χ2v) is 8.03. The van der Waals surface area contributed by atoms with E-state index >= 15 is 0 Å². The highest BCUT2D eigenvalue weighted by atomic mass is 32.2. The molecular formula is C17H25N3O2S. The summed E-state index contributed by atoms with van der Waals surface area (Å²) in [6, 6.07) is 7.11. The van der Waals surface area contributed by atoms with Gasteiger partial charge in [0.2, 0.25) is 0 Å². The van der Waals surface area contributed by atoms with Gasteiger partial charge in [0.05, 0.1) is 22.0 Å². The number of nitrogens with zero attached hydrogens (tertiary/aromatic N) is 2. The highest BCUT2D eigenvalue weighted by Crippen LogP contribution is 2.23. The van der Waals surface area contributed by atoms with E-state index in [1.165, 1.54) is 0 Å². The van der Waals surface area contributed by atoms with Gasteiger partial charge in [-0.25, -0.2) is 8.42 Å². The van der Waals surface area contributed by atoms with E-state index in [0.29, 0.717) is 17.3 Å². The highest BCUT2D eigenvalue weighted by molar-refractivity contribution is 7.92. The summed E-state index contributed by atoms with van der Waals surface area (Å²) in [5.74, 6) is 0.636. The van der Waals surface area contributed by atoms with Crippen molar-refractivity contribution in [1.82, 2.24) is 9.78 Å². The molecule has 0 aliphatic rings. The topological polar surface area (TPSA) is 64.0 Å². The summed E-state index contributed by atoms with van der Waals surface area (Å²) in [4.78, 5) is 0.272. The smallest absolute Gasteiger partial charge is 0.262 e. The van der Waals surface area contributed by atoms with Gasteiger partial charge < -0.3 is 0 Å². The second kappa shape index (κ2) is 6.74. The highest BCUT2D eigenvalue weighted by Gasteiger charge is 2.19. The Morgan fingerprint density at radius 1 is 1.17 bits per heavy atom. The summed E-state index contributed by atoms with van der Waals surface area (Å²) in [6.07, 6.45) is 2.06. The first kappa shape index (κ1) is 17.5. The summed E-state index contributed by atoms with van der Waals surface area (Å²) >= 11 is 0. The predicted molar refractivity (Wildman–Crippen MR) is 93.1 cm³/mol. The number of hydrogen-bond donors (Lipinski definition) is 1. The molecular weight excluding hydrogens is 310 g/mol. The van der Waals surface area contributed by atoms with E-state index in [1.807, 2.05) is 19.1 Å². The van der Waals surface area contributed by atoms with Crippen molar-refractivity contribution in [2.75, 3.05) is 4.72 Å². The average molecular weight is 335 g/mol. The van der Waals surface area contributed by atoms with E-state index < -0.39 is 10.0 Å². The number of benzene rings is 1. The lowest BCUT2D eigenvalue weighted by Crippen LogP contribution is -2.14. The lowest BCUT2D eigenvalue weighted by molar-refractivity contribution is 0.586. The number of aryl methyl sites for hydroxylation is 3. The summed E-state index contributed by atoms with van der Waals surface area (Å²) in [5, 5.41) is 4.23. The third kappa shape index (κ3) is 4.13. The Morgan fingerprint density at radius 2 is 1.78 bits per heavy atom. The van der Waals surface area contributed by atoms with Gasteiger partial charge in [0.25, 0.3) is 10.0 Å². The van der Waals surface area contributed by atoms with Crippen molar-refractivity contribution in [1.29, 1.82) is 0 Å². The molecule has 0 aliphatic carbocycles. The largest absolute Gasteiger partial charge is 0.276 e. The molecule has 6 heteroatoms.